The molecule has 0 aromatic heterocycles. The van der Waals surface area contributed by atoms with E-state index in [9.17, 15) is 0 Å². The number of benzene rings is 1. The first-order chi connectivity index (χ1) is 8.83. The van der Waals surface area contributed by atoms with E-state index in [-0.39, 0.29) is 0 Å². The van der Waals surface area contributed by atoms with Crippen molar-refractivity contribution < 1.29 is 4.74 Å². The number of halogens is 1. The smallest absolute Gasteiger partial charge is 0.119 e. The van der Waals surface area contributed by atoms with E-state index < -0.39 is 0 Å². The minimum absolute atomic E-state index is 0.828. The molecule has 0 heterocycles. The van der Waals surface area contributed by atoms with E-state index in [1.165, 1.54) is 32.1 Å². The minimum atomic E-state index is 0.828. The second-order valence-electron chi connectivity index (χ2n) is 4.50. The zero-order valence-electron chi connectivity index (χ0n) is 11.0. The van der Waals surface area contributed by atoms with Gasteiger partial charge in [-0.2, -0.15) is 0 Å². The van der Waals surface area contributed by atoms with Crippen LogP contribution in [0.2, 0.25) is 0 Å². The average Bonchev–Trinajstić information content (AvgIpc) is 2.39. The van der Waals surface area contributed by atoms with Gasteiger partial charge in [0.1, 0.15) is 5.75 Å². The van der Waals surface area contributed by atoms with Crippen LogP contribution in [-0.4, -0.2) is 6.61 Å². The fourth-order valence-electron chi connectivity index (χ4n) is 1.82. The number of hydrogen-bond acceptors (Lipinski definition) is 1. The molecule has 18 heavy (non-hydrogen) atoms. The molecule has 2 heteroatoms. The maximum atomic E-state index is 5.67. The van der Waals surface area contributed by atoms with E-state index in [0.717, 1.165) is 29.7 Å². The maximum Gasteiger partial charge on any atom is 0.119 e. The van der Waals surface area contributed by atoms with Crippen molar-refractivity contribution in [2.75, 3.05) is 6.61 Å². The number of unbranched alkanes of at least 4 members (excludes halogenated alkanes) is 6. The third-order valence-electron chi connectivity index (χ3n) is 2.88. The van der Waals surface area contributed by atoms with Gasteiger partial charge < -0.3 is 4.74 Å². The zero-order valence-corrected chi connectivity index (χ0v) is 12.6. The molecule has 1 nitrogen and oxygen atoms in total. The Morgan fingerprint density at radius 1 is 0.944 bits per heavy atom. The van der Waals surface area contributed by atoms with Crippen LogP contribution in [0, 0.1) is 0 Å². The second-order valence-corrected chi connectivity index (χ2v) is 5.42. The van der Waals surface area contributed by atoms with Gasteiger partial charge in [0.15, 0.2) is 0 Å². The van der Waals surface area contributed by atoms with Crippen molar-refractivity contribution in [3.8, 4) is 5.75 Å². The van der Waals surface area contributed by atoms with Crippen LogP contribution < -0.4 is 4.74 Å². The van der Waals surface area contributed by atoms with Gasteiger partial charge in [-0.3, -0.25) is 0 Å². The van der Waals surface area contributed by atoms with E-state index >= 15 is 0 Å². The summed E-state index contributed by atoms with van der Waals surface area (Å²) < 4.78 is 6.76. The highest BCUT2D eigenvalue weighted by atomic mass is 79.9. The molecule has 1 aromatic rings. The van der Waals surface area contributed by atoms with Crippen molar-refractivity contribution in [3.63, 3.8) is 0 Å². The van der Waals surface area contributed by atoms with Crippen molar-refractivity contribution in [2.24, 2.45) is 0 Å². The summed E-state index contributed by atoms with van der Waals surface area (Å²) in [5.41, 5.74) is 0. The van der Waals surface area contributed by atoms with Crippen LogP contribution >= 0.6 is 15.9 Å². The molecule has 0 N–H and O–H groups in total. The Balaban J connectivity index is 1.92. The molecule has 0 bridgehead atoms. The molecule has 100 valence electrons. The van der Waals surface area contributed by atoms with Crippen molar-refractivity contribution in [2.45, 2.75) is 44.9 Å². The lowest BCUT2D eigenvalue weighted by Crippen LogP contribution is -1.96. The number of ether oxygens (including phenoxy) is 1. The van der Waals surface area contributed by atoms with Crippen molar-refractivity contribution in [3.05, 3.63) is 41.4 Å². The van der Waals surface area contributed by atoms with Crippen molar-refractivity contribution >= 4 is 15.9 Å². The second kappa shape index (κ2) is 10.2. The zero-order chi connectivity index (χ0) is 13.1. The molecule has 0 saturated carbocycles. The van der Waals surface area contributed by atoms with E-state index in [1.807, 2.05) is 30.3 Å². The lowest BCUT2D eigenvalue weighted by molar-refractivity contribution is 0.304. The first kappa shape index (κ1) is 15.3. The molecule has 0 spiro atoms. The van der Waals surface area contributed by atoms with Gasteiger partial charge in [-0.15, -0.1) is 6.58 Å². The molecule has 0 radical (unpaired) electrons. The quantitative estimate of drug-likeness (QED) is 0.395. The number of rotatable bonds is 10. The van der Waals surface area contributed by atoms with Crippen molar-refractivity contribution in [1.29, 1.82) is 0 Å². The Labute approximate surface area is 119 Å². The monoisotopic (exact) mass is 310 g/mol. The Morgan fingerprint density at radius 2 is 1.56 bits per heavy atom. The molecule has 0 saturated heterocycles. The topological polar surface area (TPSA) is 9.23 Å². The van der Waals surface area contributed by atoms with Gasteiger partial charge in [0.05, 0.1) is 6.61 Å². The fourth-order valence-corrected chi connectivity index (χ4v) is 2.08. The molecule has 0 unspecified atom stereocenters. The summed E-state index contributed by atoms with van der Waals surface area (Å²) in [7, 11) is 0. The molecule has 0 atom stereocenters. The summed E-state index contributed by atoms with van der Waals surface area (Å²) in [6.07, 6.45) is 10.9. The number of hydrogen-bond donors (Lipinski definition) is 0. The SMILES string of the molecule is C=CCCCCCCCCOc1ccc(Br)cc1. The molecule has 0 aliphatic heterocycles. The largest absolute Gasteiger partial charge is 0.494 e. The summed E-state index contributed by atoms with van der Waals surface area (Å²) in [6, 6.07) is 8.02. The molecular weight excluding hydrogens is 288 g/mol. The first-order valence-electron chi connectivity index (χ1n) is 6.82. The standard InChI is InChI=1S/C16H23BrO/c1-2-3-4-5-6-7-8-9-14-18-16-12-10-15(17)11-13-16/h2,10-13H,1,3-9,14H2. The Kier molecular flexibility index (Phi) is 8.66. The lowest BCUT2D eigenvalue weighted by atomic mass is 10.1. The van der Waals surface area contributed by atoms with E-state index in [0.29, 0.717) is 0 Å². The molecule has 1 rings (SSSR count). The van der Waals surface area contributed by atoms with Gasteiger partial charge in [0.25, 0.3) is 0 Å². The van der Waals surface area contributed by atoms with Crippen LogP contribution in [-0.2, 0) is 0 Å². The van der Waals surface area contributed by atoms with Gasteiger partial charge in [-0.1, -0.05) is 47.7 Å². The molecule has 0 amide bonds. The molecule has 0 aliphatic carbocycles. The Bertz CT molecular complexity index is 318. The van der Waals surface area contributed by atoms with Crippen LogP contribution in [0.5, 0.6) is 5.75 Å². The highest BCUT2D eigenvalue weighted by Crippen LogP contribution is 2.16. The van der Waals surface area contributed by atoms with E-state index in [2.05, 4.69) is 22.5 Å². The van der Waals surface area contributed by atoms with Gasteiger partial charge in [0.2, 0.25) is 0 Å². The van der Waals surface area contributed by atoms with Crippen LogP contribution in [0.4, 0.5) is 0 Å². The van der Waals surface area contributed by atoms with Gasteiger partial charge >= 0.3 is 0 Å². The highest BCUT2D eigenvalue weighted by Gasteiger charge is 1.94. The highest BCUT2D eigenvalue weighted by molar-refractivity contribution is 9.10. The van der Waals surface area contributed by atoms with E-state index in [1.54, 1.807) is 0 Å². The van der Waals surface area contributed by atoms with Crippen LogP contribution in [0.3, 0.4) is 0 Å². The summed E-state index contributed by atoms with van der Waals surface area (Å²) >= 11 is 3.41. The predicted molar refractivity (Wildman–Crippen MR) is 82.2 cm³/mol. The Hall–Kier alpha value is -0.760. The summed E-state index contributed by atoms with van der Waals surface area (Å²) in [5, 5.41) is 0. The lowest BCUT2D eigenvalue weighted by Gasteiger charge is -2.06. The average molecular weight is 311 g/mol. The first-order valence-corrected chi connectivity index (χ1v) is 7.61. The Morgan fingerprint density at radius 3 is 2.22 bits per heavy atom. The summed E-state index contributed by atoms with van der Waals surface area (Å²) in [6.45, 7) is 4.56. The molecule has 0 aliphatic rings. The molecule has 1 aromatic carbocycles. The predicted octanol–water partition coefficient (Wildman–Crippen LogP) is 5.74. The van der Waals surface area contributed by atoms with E-state index in [4.69, 9.17) is 4.74 Å². The molecule has 0 fully saturated rings. The van der Waals surface area contributed by atoms with Crippen LogP contribution in [0.25, 0.3) is 0 Å². The fraction of sp³-hybridized carbons (Fsp3) is 0.500. The van der Waals surface area contributed by atoms with Crippen molar-refractivity contribution in [1.82, 2.24) is 0 Å². The summed E-state index contributed by atoms with van der Waals surface area (Å²) in [5.74, 6) is 0.962. The third-order valence-corrected chi connectivity index (χ3v) is 3.41. The van der Waals surface area contributed by atoms with Gasteiger partial charge in [-0.05, 0) is 43.5 Å². The van der Waals surface area contributed by atoms with Gasteiger partial charge in [-0.25, -0.2) is 0 Å². The van der Waals surface area contributed by atoms with Crippen LogP contribution in [0.1, 0.15) is 44.9 Å². The minimum Gasteiger partial charge on any atom is -0.494 e. The normalized spacial score (nSPS) is 10.3. The summed E-state index contributed by atoms with van der Waals surface area (Å²) in [4.78, 5) is 0. The van der Waals surface area contributed by atoms with Gasteiger partial charge in [0, 0.05) is 4.47 Å². The molecular formula is C16H23BrO. The maximum absolute atomic E-state index is 5.67. The van der Waals surface area contributed by atoms with Crippen LogP contribution in [0.15, 0.2) is 41.4 Å². The number of allylic oxidation sites excluding steroid dienone is 1. The third kappa shape index (κ3) is 7.54.